The molecule has 4 rings (SSSR count). The average Bonchev–Trinajstić information content (AvgIpc) is 2.94. The van der Waals surface area contributed by atoms with Crippen molar-refractivity contribution in [3.8, 4) is 11.3 Å². The zero-order valence-electron chi connectivity index (χ0n) is 12.7. The molecule has 6 nitrogen and oxygen atoms in total. The summed E-state index contributed by atoms with van der Waals surface area (Å²) in [6, 6.07) is 13.3. The van der Waals surface area contributed by atoms with E-state index in [9.17, 15) is 9.59 Å². The van der Waals surface area contributed by atoms with Crippen LogP contribution in [0.15, 0.2) is 58.3 Å². The van der Waals surface area contributed by atoms with Gasteiger partial charge in [0, 0.05) is 25.9 Å². The Morgan fingerprint density at radius 1 is 0.913 bits per heavy atom. The lowest BCUT2D eigenvalue weighted by atomic mass is 10.1. The van der Waals surface area contributed by atoms with Gasteiger partial charge in [0.1, 0.15) is 0 Å². The molecular formula is C17H14N4O2. The summed E-state index contributed by atoms with van der Waals surface area (Å²) < 4.78 is 4.36. The highest BCUT2D eigenvalue weighted by atomic mass is 16.2. The first-order chi connectivity index (χ1) is 11.1. The fraction of sp³-hybridized carbons (Fsp3) is 0.118. The van der Waals surface area contributed by atoms with E-state index in [1.54, 1.807) is 23.8 Å². The van der Waals surface area contributed by atoms with E-state index >= 15 is 0 Å². The molecule has 0 unspecified atom stereocenters. The molecule has 0 N–H and O–H groups in total. The number of aryl methyl sites for hydroxylation is 1. The van der Waals surface area contributed by atoms with Gasteiger partial charge in [-0.2, -0.15) is 5.10 Å². The van der Waals surface area contributed by atoms with Gasteiger partial charge in [-0.1, -0.05) is 30.3 Å². The molecule has 23 heavy (non-hydrogen) atoms. The minimum absolute atomic E-state index is 0.313. The molecule has 0 bridgehead atoms. The monoisotopic (exact) mass is 306 g/mol. The van der Waals surface area contributed by atoms with Crippen LogP contribution in [0.3, 0.4) is 0 Å². The van der Waals surface area contributed by atoms with E-state index in [1.807, 2.05) is 36.4 Å². The summed E-state index contributed by atoms with van der Waals surface area (Å²) in [5.41, 5.74) is 2.26. The van der Waals surface area contributed by atoms with Crippen molar-refractivity contribution >= 4 is 16.4 Å². The molecule has 0 saturated heterocycles. The third kappa shape index (κ3) is 1.72. The first-order valence-corrected chi connectivity index (χ1v) is 7.22. The summed E-state index contributed by atoms with van der Waals surface area (Å²) in [4.78, 5) is 25.1. The van der Waals surface area contributed by atoms with Crippen LogP contribution in [0.25, 0.3) is 27.7 Å². The highest BCUT2D eigenvalue weighted by molar-refractivity contribution is 6.03. The number of fused-ring (bicyclic) bond motifs is 3. The van der Waals surface area contributed by atoms with Crippen LogP contribution in [0.1, 0.15) is 0 Å². The third-order valence-corrected chi connectivity index (χ3v) is 4.15. The van der Waals surface area contributed by atoms with Gasteiger partial charge in [0.2, 0.25) is 0 Å². The highest BCUT2D eigenvalue weighted by Gasteiger charge is 2.21. The zero-order valence-corrected chi connectivity index (χ0v) is 12.7. The van der Waals surface area contributed by atoms with E-state index in [2.05, 4.69) is 5.10 Å². The number of aromatic nitrogens is 4. The van der Waals surface area contributed by atoms with Gasteiger partial charge in [0.25, 0.3) is 5.56 Å². The van der Waals surface area contributed by atoms with Crippen molar-refractivity contribution in [3.05, 3.63) is 69.5 Å². The van der Waals surface area contributed by atoms with Crippen LogP contribution in [0.2, 0.25) is 0 Å². The molecule has 4 aromatic rings. The van der Waals surface area contributed by atoms with Crippen LogP contribution in [-0.2, 0) is 14.1 Å². The molecule has 1 aromatic carbocycles. The van der Waals surface area contributed by atoms with Gasteiger partial charge >= 0.3 is 5.69 Å². The van der Waals surface area contributed by atoms with Crippen molar-refractivity contribution in [2.75, 3.05) is 0 Å². The molecular weight excluding hydrogens is 292 g/mol. The third-order valence-electron chi connectivity index (χ3n) is 4.15. The molecule has 0 saturated carbocycles. The molecule has 0 amide bonds. The Morgan fingerprint density at radius 3 is 2.39 bits per heavy atom. The Morgan fingerprint density at radius 2 is 1.65 bits per heavy atom. The Hall–Kier alpha value is -3.15. The molecule has 0 spiro atoms. The molecule has 0 aliphatic rings. The van der Waals surface area contributed by atoms with Crippen LogP contribution < -0.4 is 11.2 Å². The second-order valence-electron chi connectivity index (χ2n) is 5.46. The normalized spacial score (nSPS) is 11.4. The summed E-state index contributed by atoms with van der Waals surface area (Å²) >= 11 is 0. The first-order valence-electron chi connectivity index (χ1n) is 7.22. The minimum atomic E-state index is -0.349. The van der Waals surface area contributed by atoms with Crippen molar-refractivity contribution in [2.24, 2.45) is 14.1 Å². The predicted octanol–water partition coefficient (Wildman–Crippen LogP) is 1.55. The van der Waals surface area contributed by atoms with Crippen LogP contribution in [0.4, 0.5) is 0 Å². The van der Waals surface area contributed by atoms with Gasteiger partial charge in [0.15, 0.2) is 0 Å². The van der Waals surface area contributed by atoms with Crippen LogP contribution >= 0.6 is 0 Å². The van der Waals surface area contributed by atoms with E-state index in [0.29, 0.717) is 16.6 Å². The van der Waals surface area contributed by atoms with Gasteiger partial charge in [-0.05, 0) is 12.1 Å². The lowest BCUT2D eigenvalue weighted by molar-refractivity contribution is 0.716. The van der Waals surface area contributed by atoms with Gasteiger partial charge in [-0.3, -0.25) is 13.9 Å². The Bertz CT molecular complexity index is 1170. The SMILES string of the molecule is Cn1c(=O)c2c(-c3ccccc3)n3ncccc3c2n(C)c1=O. The fourth-order valence-corrected chi connectivity index (χ4v) is 3.06. The molecule has 0 aliphatic carbocycles. The Balaban J connectivity index is 2.39. The van der Waals surface area contributed by atoms with E-state index in [1.165, 1.54) is 11.6 Å². The molecule has 3 heterocycles. The van der Waals surface area contributed by atoms with Crippen LogP contribution in [-0.4, -0.2) is 18.7 Å². The summed E-state index contributed by atoms with van der Waals surface area (Å²) in [7, 11) is 3.17. The second-order valence-corrected chi connectivity index (χ2v) is 5.46. The van der Waals surface area contributed by atoms with Crippen molar-refractivity contribution in [1.82, 2.24) is 18.7 Å². The summed E-state index contributed by atoms with van der Waals surface area (Å²) in [5.74, 6) is 0. The molecule has 6 heteroatoms. The van der Waals surface area contributed by atoms with Crippen molar-refractivity contribution in [1.29, 1.82) is 0 Å². The number of hydrogen-bond donors (Lipinski definition) is 0. The maximum atomic E-state index is 12.8. The second kappa shape index (κ2) is 4.67. The molecule has 0 atom stereocenters. The van der Waals surface area contributed by atoms with Gasteiger partial charge in [-0.25, -0.2) is 9.31 Å². The zero-order chi connectivity index (χ0) is 16.1. The lowest BCUT2D eigenvalue weighted by Gasteiger charge is -2.05. The summed E-state index contributed by atoms with van der Waals surface area (Å²) in [5, 5.41) is 4.89. The topological polar surface area (TPSA) is 61.3 Å². The largest absolute Gasteiger partial charge is 0.331 e. The summed E-state index contributed by atoms with van der Waals surface area (Å²) in [6.45, 7) is 0. The number of benzene rings is 1. The van der Waals surface area contributed by atoms with E-state index in [-0.39, 0.29) is 11.2 Å². The van der Waals surface area contributed by atoms with Gasteiger partial charge < -0.3 is 0 Å². The van der Waals surface area contributed by atoms with Crippen molar-refractivity contribution < 1.29 is 0 Å². The highest BCUT2D eigenvalue weighted by Crippen LogP contribution is 2.30. The van der Waals surface area contributed by atoms with Gasteiger partial charge in [0.05, 0.1) is 22.1 Å². The molecule has 114 valence electrons. The van der Waals surface area contributed by atoms with Gasteiger partial charge in [-0.15, -0.1) is 0 Å². The fourth-order valence-electron chi connectivity index (χ4n) is 3.06. The van der Waals surface area contributed by atoms with E-state index < -0.39 is 0 Å². The van der Waals surface area contributed by atoms with Crippen LogP contribution in [0.5, 0.6) is 0 Å². The van der Waals surface area contributed by atoms with Crippen molar-refractivity contribution in [2.45, 2.75) is 0 Å². The van der Waals surface area contributed by atoms with Crippen molar-refractivity contribution in [3.63, 3.8) is 0 Å². The molecule has 3 aromatic heterocycles. The molecule has 0 radical (unpaired) electrons. The average molecular weight is 306 g/mol. The minimum Gasteiger partial charge on any atom is -0.294 e. The standard InChI is InChI=1S/C17H14N4O2/c1-19-15-12-9-6-10-18-21(12)14(11-7-4-3-5-8-11)13(15)16(22)20(2)17(19)23/h3-10H,1-2H3. The number of hydrogen-bond acceptors (Lipinski definition) is 3. The van der Waals surface area contributed by atoms with E-state index in [0.717, 1.165) is 15.6 Å². The number of nitrogens with zero attached hydrogens (tertiary/aromatic N) is 4. The maximum absolute atomic E-state index is 12.8. The molecule has 0 aliphatic heterocycles. The molecule has 0 fully saturated rings. The Kier molecular flexibility index (Phi) is 2.74. The van der Waals surface area contributed by atoms with E-state index in [4.69, 9.17) is 0 Å². The predicted molar refractivity (Wildman–Crippen MR) is 88.6 cm³/mol. The quantitative estimate of drug-likeness (QED) is 0.536. The number of rotatable bonds is 1. The van der Waals surface area contributed by atoms with Crippen LogP contribution in [0, 0.1) is 0 Å². The maximum Gasteiger partial charge on any atom is 0.331 e. The Labute approximate surface area is 130 Å². The smallest absolute Gasteiger partial charge is 0.294 e. The first kappa shape index (κ1) is 13.5. The summed E-state index contributed by atoms with van der Waals surface area (Å²) in [6.07, 6.45) is 1.67. The lowest BCUT2D eigenvalue weighted by Crippen LogP contribution is -2.36.